The standard InChI is InChI=1S/C14H16N6O/c1-21-11-5-3-10(4-6-11)13(15)14-17-12(18-19-14)9-20-8-2-7-16-20/h2-8,13H,9,15H2,1H3,(H,17,18,19)/t13-/m1/s1. The van der Waals surface area contributed by atoms with Crippen molar-refractivity contribution in [1.29, 1.82) is 0 Å². The summed E-state index contributed by atoms with van der Waals surface area (Å²) in [5, 5.41) is 11.2. The molecule has 1 atom stereocenters. The maximum atomic E-state index is 6.19. The zero-order valence-corrected chi connectivity index (χ0v) is 11.6. The molecule has 0 saturated carbocycles. The molecule has 21 heavy (non-hydrogen) atoms. The number of ether oxygens (including phenoxy) is 1. The number of hydrogen-bond donors (Lipinski definition) is 2. The topological polar surface area (TPSA) is 94.6 Å². The van der Waals surface area contributed by atoms with Crippen molar-refractivity contribution in [3.05, 3.63) is 59.9 Å². The van der Waals surface area contributed by atoms with Crippen LogP contribution >= 0.6 is 0 Å². The minimum absolute atomic E-state index is 0.376. The molecular formula is C14H16N6O. The number of nitrogens with two attached hydrogens (primary N) is 1. The predicted octanol–water partition coefficient (Wildman–Crippen LogP) is 1.11. The summed E-state index contributed by atoms with van der Waals surface area (Å²) < 4.78 is 6.90. The van der Waals surface area contributed by atoms with Gasteiger partial charge in [-0.25, -0.2) is 4.98 Å². The molecule has 3 aromatic rings. The molecule has 0 fully saturated rings. The van der Waals surface area contributed by atoms with Gasteiger partial charge in [0.15, 0.2) is 5.82 Å². The molecule has 108 valence electrons. The first-order chi connectivity index (χ1) is 10.3. The van der Waals surface area contributed by atoms with Gasteiger partial charge in [0, 0.05) is 12.4 Å². The Labute approximate surface area is 121 Å². The highest BCUT2D eigenvalue weighted by molar-refractivity contribution is 5.31. The molecule has 0 bridgehead atoms. The lowest BCUT2D eigenvalue weighted by Gasteiger charge is -2.08. The molecule has 7 heteroatoms. The largest absolute Gasteiger partial charge is 0.497 e. The van der Waals surface area contributed by atoms with Crippen molar-refractivity contribution in [3.8, 4) is 5.75 Å². The van der Waals surface area contributed by atoms with Gasteiger partial charge < -0.3 is 10.5 Å². The second kappa shape index (κ2) is 5.76. The summed E-state index contributed by atoms with van der Waals surface area (Å²) in [5.41, 5.74) is 7.12. The third-order valence-corrected chi connectivity index (χ3v) is 3.17. The van der Waals surface area contributed by atoms with Crippen molar-refractivity contribution in [3.63, 3.8) is 0 Å². The SMILES string of the molecule is COc1ccc([C@@H](N)c2n[nH]c(Cn3cccn3)n2)cc1. The summed E-state index contributed by atoms with van der Waals surface area (Å²) in [6, 6.07) is 9.04. The number of nitrogens with one attached hydrogen (secondary N) is 1. The second-order valence-electron chi connectivity index (χ2n) is 4.59. The third-order valence-electron chi connectivity index (χ3n) is 3.17. The Hall–Kier alpha value is -2.67. The van der Waals surface area contributed by atoms with E-state index in [1.807, 2.05) is 36.5 Å². The van der Waals surface area contributed by atoms with Crippen LogP contribution in [0.25, 0.3) is 0 Å². The van der Waals surface area contributed by atoms with E-state index < -0.39 is 0 Å². The highest BCUT2D eigenvalue weighted by Crippen LogP contribution is 2.19. The highest BCUT2D eigenvalue weighted by Gasteiger charge is 2.14. The van der Waals surface area contributed by atoms with Gasteiger partial charge in [-0.3, -0.25) is 9.78 Å². The molecule has 0 aliphatic carbocycles. The van der Waals surface area contributed by atoms with Crippen LogP contribution in [0, 0.1) is 0 Å². The Morgan fingerprint density at radius 2 is 2.14 bits per heavy atom. The van der Waals surface area contributed by atoms with Crippen LogP contribution in [0.2, 0.25) is 0 Å². The first kappa shape index (κ1) is 13.3. The number of nitrogens with zero attached hydrogens (tertiary/aromatic N) is 4. The van der Waals surface area contributed by atoms with Gasteiger partial charge in [0.25, 0.3) is 0 Å². The van der Waals surface area contributed by atoms with E-state index in [1.165, 1.54) is 0 Å². The number of rotatable bonds is 5. The van der Waals surface area contributed by atoms with Gasteiger partial charge in [-0.2, -0.15) is 10.2 Å². The molecule has 2 heterocycles. The van der Waals surface area contributed by atoms with E-state index in [2.05, 4.69) is 20.3 Å². The van der Waals surface area contributed by atoms with Crippen molar-refractivity contribution in [2.75, 3.05) is 7.11 Å². The number of benzene rings is 1. The van der Waals surface area contributed by atoms with E-state index in [9.17, 15) is 0 Å². The molecule has 0 radical (unpaired) electrons. The van der Waals surface area contributed by atoms with Crippen molar-refractivity contribution in [1.82, 2.24) is 25.0 Å². The first-order valence-corrected chi connectivity index (χ1v) is 6.54. The third kappa shape index (κ3) is 2.92. The van der Waals surface area contributed by atoms with Gasteiger partial charge in [-0.05, 0) is 23.8 Å². The predicted molar refractivity (Wildman–Crippen MR) is 76.7 cm³/mol. The van der Waals surface area contributed by atoms with E-state index in [0.29, 0.717) is 12.4 Å². The fraction of sp³-hybridized carbons (Fsp3) is 0.214. The Morgan fingerprint density at radius 1 is 1.33 bits per heavy atom. The summed E-state index contributed by atoms with van der Waals surface area (Å²) in [7, 11) is 1.63. The fourth-order valence-corrected chi connectivity index (χ4v) is 2.03. The maximum Gasteiger partial charge on any atom is 0.171 e. The monoisotopic (exact) mass is 284 g/mol. The molecular weight excluding hydrogens is 268 g/mol. The zero-order chi connectivity index (χ0) is 14.7. The second-order valence-corrected chi connectivity index (χ2v) is 4.59. The van der Waals surface area contributed by atoms with Gasteiger partial charge in [-0.15, -0.1) is 0 Å². The minimum atomic E-state index is -0.376. The molecule has 3 rings (SSSR count). The lowest BCUT2D eigenvalue weighted by atomic mass is 10.1. The molecule has 0 spiro atoms. The summed E-state index contributed by atoms with van der Waals surface area (Å²) in [4.78, 5) is 4.42. The lowest BCUT2D eigenvalue weighted by molar-refractivity contribution is 0.414. The van der Waals surface area contributed by atoms with Crippen LogP contribution in [0.5, 0.6) is 5.75 Å². The van der Waals surface area contributed by atoms with Crippen LogP contribution in [0.3, 0.4) is 0 Å². The van der Waals surface area contributed by atoms with Crippen LogP contribution in [-0.2, 0) is 6.54 Å². The van der Waals surface area contributed by atoms with Gasteiger partial charge in [0.05, 0.1) is 13.2 Å². The van der Waals surface area contributed by atoms with Gasteiger partial charge in [-0.1, -0.05) is 12.1 Å². The molecule has 7 nitrogen and oxygen atoms in total. The molecule has 0 aliphatic rings. The fourth-order valence-electron chi connectivity index (χ4n) is 2.03. The van der Waals surface area contributed by atoms with Gasteiger partial charge >= 0.3 is 0 Å². The Kier molecular flexibility index (Phi) is 3.65. The number of hydrogen-bond acceptors (Lipinski definition) is 5. The lowest BCUT2D eigenvalue weighted by Crippen LogP contribution is -2.13. The smallest absolute Gasteiger partial charge is 0.171 e. The Bertz CT molecular complexity index is 689. The first-order valence-electron chi connectivity index (χ1n) is 6.54. The highest BCUT2D eigenvalue weighted by atomic mass is 16.5. The average molecular weight is 284 g/mol. The number of aromatic amines is 1. The number of methoxy groups -OCH3 is 1. The normalized spacial score (nSPS) is 12.3. The number of H-pyrrole nitrogens is 1. The van der Waals surface area contributed by atoms with Crippen LogP contribution in [0.1, 0.15) is 23.3 Å². The summed E-state index contributed by atoms with van der Waals surface area (Å²) in [5.74, 6) is 2.07. The van der Waals surface area contributed by atoms with E-state index in [1.54, 1.807) is 18.0 Å². The molecule has 0 amide bonds. The quantitative estimate of drug-likeness (QED) is 0.731. The molecule has 0 aliphatic heterocycles. The van der Waals surface area contributed by atoms with E-state index in [-0.39, 0.29) is 6.04 Å². The summed E-state index contributed by atoms with van der Waals surface area (Å²) in [6.07, 6.45) is 3.59. The number of aromatic nitrogens is 5. The molecule has 0 unspecified atom stereocenters. The zero-order valence-electron chi connectivity index (χ0n) is 11.6. The maximum absolute atomic E-state index is 6.19. The average Bonchev–Trinajstić information content (AvgIpc) is 3.19. The van der Waals surface area contributed by atoms with E-state index in [0.717, 1.165) is 17.1 Å². The van der Waals surface area contributed by atoms with Crippen molar-refractivity contribution in [2.24, 2.45) is 5.73 Å². The van der Waals surface area contributed by atoms with E-state index >= 15 is 0 Å². The van der Waals surface area contributed by atoms with Gasteiger partial charge in [0.1, 0.15) is 18.1 Å². The van der Waals surface area contributed by atoms with Crippen LogP contribution in [0.15, 0.2) is 42.7 Å². The Balaban J connectivity index is 1.75. The van der Waals surface area contributed by atoms with Crippen molar-refractivity contribution < 1.29 is 4.74 Å². The van der Waals surface area contributed by atoms with Crippen molar-refractivity contribution >= 4 is 0 Å². The van der Waals surface area contributed by atoms with Gasteiger partial charge in [0.2, 0.25) is 0 Å². The molecule has 0 saturated heterocycles. The summed E-state index contributed by atoms with van der Waals surface area (Å²) >= 11 is 0. The molecule has 3 N–H and O–H groups in total. The molecule has 1 aromatic carbocycles. The van der Waals surface area contributed by atoms with Crippen LogP contribution < -0.4 is 10.5 Å². The minimum Gasteiger partial charge on any atom is -0.497 e. The Morgan fingerprint density at radius 3 is 2.81 bits per heavy atom. The van der Waals surface area contributed by atoms with Crippen molar-refractivity contribution in [2.45, 2.75) is 12.6 Å². The van der Waals surface area contributed by atoms with Crippen LogP contribution in [-0.4, -0.2) is 32.1 Å². The van der Waals surface area contributed by atoms with E-state index in [4.69, 9.17) is 10.5 Å². The summed E-state index contributed by atoms with van der Waals surface area (Å²) in [6.45, 7) is 0.537. The molecule has 2 aromatic heterocycles. The van der Waals surface area contributed by atoms with Crippen LogP contribution in [0.4, 0.5) is 0 Å².